The molecule has 3 heterocycles. The van der Waals surface area contributed by atoms with Gasteiger partial charge in [-0.15, -0.1) is 0 Å². The van der Waals surface area contributed by atoms with E-state index in [0.717, 1.165) is 11.8 Å². The van der Waals surface area contributed by atoms with Crippen LogP contribution in [0.3, 0.4) is 0 Å². The number of hydrogen-bond acceptors (Lipinski definition) is 3. The standard InChI is InChI=1S/3C11H18N2/c1-11(2,3)9-4-5-10-8(6-9)7-12-13-10;1-11(2,3)9-5-4-8-7-12-13-10(8)6-9;1-11(2,3)9-5-4-6-10-8(9)7-12-13-10/h3*7,9H,4-6H2,1-3H3,(H,12,13). The molecule has 0 spiro atoms. The van der Waals surface area contributed by atoms with Crippen molar-refractivity contribution < 1.29 is 0 Å². The number of aryl methyl sites for hydroxylation is 3. The molecule has 0 bridgehead atoms. The first kappa shape index (κ1) is 29.6. The second kappa shape index (κ2) is 11.6. The fraction of sp³-hybridized carbons (Fsp3) is 0.727. The van der Waals surface area contributed by atoms with Crippen molar-refractivity contribution in [3.05, 3.63) is 52.4 Å². The summed E-state index contributed by atoms with van der Waals surface area (Å²) >= 11 is 0. The van der Waals surface area contributed by atoms with E-state index in [-0.39, 0.29) is 0 Å². The highest BCUT2D eigenvalue weighted by Gasteiger charge is 2.32. The molecule has 3 unspecified atom stereocenters. The van der Waals surface area contributed by atoms with Gasteiger partial charge in [0, 0.05) is 17.1 Å². The maximum absolute atomic E-state index is 4.14. The molecule has 3 aliphatic carbocycles. The van der Waals surface area contributed by atoms with Crippen LogP contribution >= 0.6 is 0 Å². The van der Waals surface area contributed by atoms with Crippen molar-refractivity contribution in [2.24, 2.45) is 28.1 Å². The van der Waals surface area contributed by atoms with Crippen LogP contribution in [0.25, 0.3) is 0 Å². The Kier molecular flexibility index (Phi) is 8.82. The van der Waals surface area contributed by atoms with Crippen molar-refractivity contribution in [1.82, 2.24) is 30.6 Å². The Morgan fingerprint density at radius 1 is 0.564 bits per heavy atom. The molecular formula is C33H54N6. The minimum atomic E-state index is 0.374. The second-order valence-electron chi connectivity index (χ2n) is 15.5. The molecule has 0 aliphatic heterocycles. The number of rotatable bonds is 0. The van der Waals surface area contributed by atoms with E-state index >= 15 is 0 Å². The molecular weight excluding hydrogens is 480 g/mol. The third-order valence-corrected chi connectivity index (χ3v) is 9.58. The van der Waals surface area contributed by atoms with E-state index in [0.29, 0.717) is 22.2 Å². The summed E-state index contributed by atoms with van der Waals surface area (Å²) in [4.78, 5) is 0. The zero-order valence-electron chi connectivity index (χ0n) is 26.2. The van der Waals surface area contributed by atoms with Crippen LogP contribution in [0.5, 0.6) is 0 Å². The van der Waals surface area contributed by atoms with E-state index in [1.807, 2.05) is 18.6 Å². The minimum Gasteiger partial charge on any atom is -0.282 e. The fourth-order valence-corrected chi connectivity index (χ4v) is 6.66. The Labute approximate surface area is 236 Å². The van der Waals surface area contributed by atoms with Gasteiger partial charge in [0.25, 0.3) is 0 Å². The molecule has 3 aromatic rings. The first-order valence-corrected chi connectivity index (χ1v) is 15.3. The monoisotopic (exact) mass is 534 g/mol. The predicted molar refractivity (Wildman–Crippen MR) is 161 cm³/mol. The van der Waals surface area contributed by atoms with Gasteiger partial charge in [-0.05, 0) is 108 Å². The molecule has 0 radical (unpaired) electrons. The molecule has 3 N–H and O–H groups in total. The average molecular weight is 535 g/mol. The van der Waals surface area contributed by atoms with Crippen LogP contribution in [0.2, 0.25) is 0 Å². The van der Waals surface area contributed by atoms with E-state index in [4.69, 9.17) is 0 Å². The lowest BCUT2D eigenvalue weighted by Crippen LogP contribution is -2.26. The van der Waals surface area contributed by atoms with Gasteiger partial charge < -0.3 is 0 Å². The van der Waals surface area contributed by atoms with Gasteiger partial charge in [0.2, 0.25) is 0 Å². The Morgan fingerprint density at radius 3 is 1.79 bits per heavy atom. The fourth-order valence-electron chi connectivity index (χ4n) is 6.66. The summed E-state index contributed by atoms with van der Waals surface area (Å²) in [7, 11) is 0. The van der Waals surface area contributed by atoms with Crippen LogP contribution < -0.4 is 0 Å². The molecule has 3 aliphatic rings. The second-order valence-corrected chi connectivity index (χ2v) is 15.5. The molecule has 0 saturated heterocycles. The molecule has 3 atom stereocenters. The number of H-pyrrole nitrogens is 3. The Morgan fingerprint density at radius 2 is 1.13 bits per heavy atom. The van der Waals surface area contributed by atoms with Crippen LogP contribution in [-0.2, 0) is 32.1 Å². The highest BCUT2D eigenvalue weighted by molar-refractivity contribution is 5.26. The van der Waals surface area contributed by atoms with Crippen molar-refractivity contribution in [2.75, 3.05) is 0 Å². The van der Waals surface area contributed by atoms with Crippen LogP contribution in [0.4, 0.5) is 0 Å². The van der Waals surface area contributed by atoms with Crippen LogP contribution in [0.15, 0.2) is 18.6 Å². The number of fused-ring (bicyclic) bond motifs is 3. The smallest absolute Gasteiger partial charge is 0.0525 e. The maximum Gasteiger partial charge on any atom is 0.0525 e. The van der Waals surface area contributed by atoms with Gasteiger partial charge in [-0.25, -0.2) is 0 Å². The quantitative estimate of drug-likeness (QED) is 0.273. The van der Waals surface area contributed by atoms with Crippen LogP contribution in [0.1, 0.15) is 128 Å². The summed E-state index contributed by atoms with van der Waals surface area (Å²) < 4.78 is 0. The summed E-state index contributed by atoms with van der Waals surface area (Å²) in [6.07, 6.45) is 17.2. The number of aromatic nitrogens is 6. The maximum atomic E-state index is 4.14. The largest absolute Gasteiger partial charge is 0.282 e. The third-order valence-electron chi connectivity index (χ3n) is 9.58. The molecule has 3 aromatic heterocycles. The van der Waals surface area contributed by atoms with E-state index in [9.17, 15) is 0 Å². The minimum absolute atomic E-state index is 0.374. The molecule has 0 saturated carbocycles. The average Bonchev–Trinajstić information content (AvgIpc) is 3.62. The van der Waals surface area contributed by atoms with Crippen molar-refractivity contribution >= 4 is 0 Å². The Hall–Kier alpha value is -2.37. The van der Waals surface area contributed by atoms with Gasteiger partial charge in [0.15, 0.2) is 0 Å². The van der Waals surface area contributed by atoms with Crippen molar-refractivity contribution in [2.45, 2.75) is 126 Å². The molecule has 216 valence electrons. The van der Waals surface area contributed by atoms with E-state index in [1.165, 1.54) is 91.6 Å². The molecule has 0 aromatic carbocycles. The lowest BCUT2D eigenvalue weighted by molar-refractivity contribution is 0.214. The SMILES string of the molecule is CC(C)(C)C1CCCc2[nH]ncc21.CC(C)(C)C1CCc2[nH]ncc2C1.CC(C)(C)C1CCc2cn[nH]c2C1. The van der Waals surface area contributed by atoms with Gasteiger partial charge in [-0.2, -0.15) is 15.3 Å². The van der Waals surface area contributed by atoms with Crippen molar-refractivity contribution in [3.8, 4) is 0 Å². The van der Waals surface area contributed by atoms with E-state index < -0.39 is 0 Å². The van der Waals surface area contributed by atoms with Gasteiger partial charge >= 0.3 is 0 Å². The molecule has 6 nitrogen and oxygen atoms in total. The van der Waals surface area contributed by atoms with Crippen molar-refractivity contribution in [3.63, 3.8) is 0 Å². The Bertz CT molecular complexity index is 1110. The summed E-state index contributed by atoms with van der Waals surface area (Å²) in [5.74, 6) is 2.31. The number of nitrogens with zero attached hydrogens (tertiary/aromatic N) is 3. The Balaban J connectivity index is 0.000000136. The first-order valence-electron chi connectivity index (χ1n) is 15.3. The summed E-state index contributed by atoms with van der Waals surface area (Å²) in [6.45, 7) is 21.0. The number of hydrogen-bond donors (Lipinski definition) is 3. The topological polar surface area (TPSA) is 86.0 Å². The summed E-state index contributed by atoms with van der Waals surface area (Å²) in [5.41, 5.74) is 9.67. The van der Waals surface area contributed by atoms with Crippen LogP contribution in [0, 0.1) is 28.1 Å². The summed E-state index contributed by atoms with van der Waals surface area (Å²) in [5, 5.41) is 21.6. The van der Waals surface area contributed by atoms with Crippen molar-refractivity contribution in [1.29, 1.82) is 0 Å². The lowest BCUT2D eigenvalue weighted by atomic mass is 9.71. The molecule has 6 rings (SSSR count). The van der Waals surface area contributed by atoms with Gasteiger partial charge in [0.1, 0.15) is 0 Å². The molecule has 0 fully saturated rings. The molecule has 39 heavy (non-hydrogen) atoms. The molecule has 0 amide bonds. The number of aromatic amines is 3. The highest BCUT2D eigenvalue weighted by Crippen LogP contribution is 2.42. The zero-order chi connectivity index (χ0) is 28.4. The lowest BCUT2D eigenvalue weighted by Gasteiger charge is -2.33. The van der Waals surface area contributed by atoms with Gasteiger partial charge in [0.05, 0.1) is 18.6 Å². The zero-order valence-corrected chi connectivity index (χ0v) is 26.2. The first-order chi connectivity index (χ1) is 18.2. The van der Waals surface area contributed by atoms with E-state index in [1.54, 1.807) is 0 Å². The van der Waals surface area contributed by atoms with Crippen LogP contribution in [-0.4, -0.2) is 30.6 Å². The normalized spacial score (nSPS) is 22.8. The third kappa shape index (κ3) is 7.43. The predicted octanol–water partition coefficient (Wildman–Crippen LogP) is 8.00. The highest BCUT2D eigenvalue weighted by atomic mass is 15.1. The van der Waals surface area contributed by atoms with E-state index in [2.05, 4.69) is 92.9 Å². The van der Waals surface area contributed by atoms with Gasteiger partial charge in [-0.1, -0.05) is 62.3 Å². The molecule has 6 heteroatoms. The summed E-state index contributed by atoms with van der Waals surface area (Å²) in [6, 6.07) is 0. The number of nitrogens with one attached hydrogen (secondary N) is 3. The van der Waals surface area contributed by atoms with Gasteiger partial charge in [-0.3, -0.25) is 15.3 Å².